The molecule has 2 aliphatic carbocycles. The van der Waals surface area contributed by atoms with Gasteiger partial charge in [0.2, 0.25) is 0 Å². The van der Waals surface area contributed by atoms with Crippen LogP contribution in [0.15, 0.2) is 0 Å². The summed E-state index contributed by atoms with van der Waals surface area (Å²) in [4.78, 5) is 34.3. The van der Waals surface area contributed by atoms with E-state index in [1.807, 2.05) is 0 Å². The number of fused-ring (bicyclic) bond motifs is 2. The third-order valence-electron chi connectivity index (χ3n) is 5.19. The molecule has 1 unspecified atom stereocenters. The van der Waals surface area contributed by atoms with Crippen molar-refractivity contribution in [1.82, 2.24) is 5.32 Å². The summed E-state index contributed by atoms with van der Waals surface area (Å²) in [5, 5.41) is 22.6. The number of rotatable bonds is 6. The lowest BCUT2D eigenvalue weighted by molar-refractivity contribution is -0.162. The summed E-state index contributed by atoms with van der Waals surface area (Å²) in [6.45, 7) is 2.76. The maximum absolute atomic E-state index is 12.0. The molecule has 2 aliphatic rings. The van der Waals surface area contributed by atoms with Gasteiger partial charge in [0, 0.05) is 12.5 Å². The zero-order chi connectivity index (χ0) is 17.2. The molecule has 0 heterocycles. The van der Waals surface area contributed by atoms with E-state index >= 15 is 0 Å². The van der Waals surface area contributed by atoms with Gasteiger partial charge in [0.15, 0.2) is 6.10 Å². The van der Waals surface area contributed by atoms with Crippen molar-refractivity contribution in [3.05, 3.63) is 0 Å². The minimum Gasteiger partial charge on any atom is -0.451 e. The molecule has 7 heteroatoms. The number of hydrogen-bond acceptors (Lipinski definition) is 6. The number of carbonyl (C=O) groups excluding carboxylic acids is 3. The first-order valence-corrected chi connectivity index (χ1v) is 8.11. The number of amides is 1. The predicted molar refractivity (Wildman–Crippen MR) is 80.2 cm³/mol. The van der Waals surface area contributed by atoms with Gasteiger partial charge in [0.25, 0.3) is 5.91 Å². The SMILES string of the molecule is C[C@H](O)C(=O)O[C@@H](C)C(=O)NC[C@@]1(O)C2CC[C@H]1C[C@H](C=O)C2. The minimum atomic E-state index is -1.29. The van der Waals surface area contributed by atoms with Crippen molar-refractivity contribution in [3.8, 4) is 0 Å². The van der Waals surface area contributed by atoms with Crippen LogP contribution >= 0.6 is 0 Å². The maximum Gasteiger partial charge on any atom is 0.335 e. The summed E-state index contributed by atoms with van der Waals surface area (Å²) in [6.07, 6.45) is 1.65. The van der Waals surface area contributed by atoms with E-state index in [4.69, 9.17) is 9.84 Å². The van der Waals surface area contributed by atoms with Crippen LogP contribution in [0.5, 0.6) is 0 Å². The fourth-order valence-corrected chi connectivity index (χ4v) is 3.81. The molecule has 0 aromatic heterocycles. The third kappa shape index (κ3) is 3.72. The number of aliphatic hydroxyl groups excluding tert-OH is 1. The van der Waals surface area contributed by atoms with E-state index in [0.29, 0.717) is 12.8 Å². The highest BCUT2D eigenvalue weighted by Crippen LogP contribution is 2.50. The second kappa shape index (κ2) is 6.97. The van der Waals surface area contributed by atoms with Crippen LogP contribution in [0.2, 0.25) is 0 Å². The van der Waals surface area contributed by atoms with E-state index in [0.717, 1.165) is 19.1 Å². The molecule has 0 aliphatic heterocycles. The van der Waals surface area contributed by atoms with Gasteiger partial charge in [0.1, 0.15) is 12.4 Å². The Hall–Kier alpha value is -1.47. The van der Waals surface area contributed by atoms with Gasteiger partial charge in [-0.15, -0.1) is 0 Å². The van der Waals surface area contributed by atoms with E-state index in [9.17, 15) is 19.5 Å². The first kappa shape index (κ1) is 17.9. The van der Waals surface area contributed by atoms with Gasteiger partial charge in [0.05, 0.1) is 5.60 Å². The van der Waals surface area contributed by atoms with Crippen LogP contribution in [0.4, 0.5) is 0 Å². The lowest BCUT2D eigenvalue weighted by Crippen LogP contribution is -2.54. The van der Waals surface area contributed by atoms with Crippen LogP contribution < -0.4 is 5.32 Å². The Balaban J connectivity index is 1.89. The van der Waals surface area contributed by atoms with E-state index in [2.05, 4.69) is 5.32 Å². The molecular weight excluding hydrogens is 302 g/mol. The molecule has 1 amide bonds. The first-order valence-electron chi connectivity index (χ1n) is 8.11. The number of aldehydes is 1. The molecule has 130 valence electrons. The summed E-state index contributed by atoms with van der Waals surface area (Å²) >= 11 is 0. The molecule has 3 N–H and O–H groups in total. The summed E-state index contributed by atoms with van der Waals surface area (Å²) in [5.41, 5.74) is -0.997. The van der Waals surface area contributed by atoms with Gasteiger partial charge in [-0.05, 0) is 51.4 Å². The molecule has 2 fully saturated rings. The number of nitrogens with one attached hydrogen (secondary N) is 1. The molecule has 7 nitrogen and oxygen atoms in total. The van der Waals surface area contributed by atoms with Crippen molar-refractivity contribution < 1.29 is 29.3 Å². The zero-order valence-corrected chi connectivity index (χ0v) is 13.5. The smallest absolute Gasteiger partial charge is 0.335 e. The normalized spacial score (nSPS) is 35.2. The van der Waals surface area contributed by atoms with Gasteiger partial charge < -0.3 is 25.1 Å². The molecule has 23 heavy (non-hydrogen) atoms. The van der Waals surface area contributed by atoms with E-state index in [1.54, 1.807) is 0 Å². The predicted octanol–water partition coefficient (Wildman–Crippen LogP) is -0.219. The molecule has 0 aromatic rings. The Morgan fingerprint density at radius 2 is 1.87 bits per heavy atom. The van der Waals surface area contributed by atoms with Crippen LogP contribution in [-0.2, 0) is 19.1 Å². The molecule has 2 bridgehead atoms. The summed E-state index contributed by atoms with van der Waals surface area (Å²) in [6, 6.07) is 0. The molecule has 0 spiro atoms. The molecule has 6 atom stereocenters. The monoisotopic (exact) mass is 327 g/mol. The number of carbonyl (C=O) groups is 3. The standard InChI is InChI=1S/C16H25NO6/c1-9(19)15(21)23-10(2)14(20)17-8-16(22)12-3-4-13(16)6-11(5-12)7-18/h7,9-13,19,22H,3-6,8H2,1-2H3,(H,17,20)/t9-,10-,11-,12-,13?,16-/m0/s1. The van der Waals surface area contributed by atoms with Crippen molar-refractivity contribution in [2.24, 2.45) is 17.8 Å². The Morgan fingerprint density at radius 3 is 2.35 bits per heavy atom. The topological polar surface area (TPSA) is 113 Å². The van der Waals surface area contributed by atoms with Crippen LogP contribution in [0.25, 0.3) is 0 Å². The van der Waals surface area contributed by atoms with Crippen LogP contribution in [0.1, 0.15) is 39.5 Å². The molecule has 2 rings (SSSR count). The second-order valence-electron chi connectivity index (χ2n) is 6.80. The summed E-state index contributed by atoms with van der Waals surface area (Å²) in [7, 11) is 0. The Bertz CT molecular complexity index is 463. The molecule has 0 radical (unpaired) electrons. The van der Waals surface area contributed by atoms with Crippen molar-refractivity contribution in [1.29, 1.82) is 0 Å². The number of aliphatic hydroxyl groups is 2. The Kier molecular flexibility index (Phi) is 5.41. The Labute approximate surface area is 135 Å². The molecule has 0 aromatic carbocycles. The highest BCUT2D eigenvalue weighted by molar-refractivity contribution is 5.84. The number of esters is 1. The van der Waals surface area contributed by atoms with E-state index in [-0.39, 0.29) is 24.3 Å². The first-order chi connectivity index (χ1) is 10.8. The Morgan fingerprint density at radius 1 is 1.30 bits per heavy atom. The molecule has 0 saturated heterocycles. The van der Waals surface area contributed by atoms with Gasteiger partial charge in [-0.3, -0.25) is 4.79 Å². The molecule has 2 saturated carbocycles. The summed E-state index contributed by atoms with van der Waals surface area (Å²) in [5.74, 6) is -1.37. The zero-order valence-electron chi connectivity index (χ0n) is 13.5. The van der Waals surface area contributed by atoms with E-state index in [1.165, 1.54) is 13.8 Å². The van der Waals surface area contributed by atoms with Crippen molar-refractivity contribution in [2.75, 3.05) is 6.54 Å². The van der Waals surface area contributed by atoms with Gasteiger partial charge in [-0.25, -0.2) is 4.79 Å². The fraction of sp³-hybridized carbons (Fsp3) is 0.812. The van der Waals surface area contributed by atoms with Crippen molar-refractivity contribution in [2.45, 2.75) is 57.3 Å². The van der Waals surface area contributed by atoms with Gasteiger partial charge in [-0.1, -0.05) is 0 Å². The van der Waals surface area contributed by atoms with E-state index < -0.39 is 29.7 Å². The lowest BCUT2D eigenvalue weighted by Gasteiger charge is -2.41. The minimum absolute atomic E-state index is 0.00519. The number of ether oxygens (including phenoxy) is 1. The lowest BCUT2D eigenvalue weighted by atomic mass is 9.70. The third-order valence-corrected chi connectivity index (χ3v) is 5.19. The van der Waals surface area contributed by atoms with Gasteiger partial charge in [-0.2, -0.15) is 0 Å². The van der Waals surface area contributed by atoms with Gasteiger partial charge >= 0.3 is 5.97 Å². The highest BCUT2D eigenvalue weighted by atomic mass is 16.6. The van der Waals surface area contributed by atoms with Crippen LogP contribution in [0.3, 0.4) is 0 Å². The highest BCUT2D eigenvalue weighted by Gasteiger charge is 2.53. The van der Waals surface area contributed by atoms with Crippen molar-refractivity contribution >= 4 is 18.2 Å². The summed E-state index contributed by atoms with van der Waals surface area (Å²) < 4.78 is 4.82. The molecular formula is C16H25NO6. The largest absolute Gasteiger partial charge is 0.451 e. The number of hydrogen-bond donors (Lipinski definition) is 3. The van der Waals surface area contributed by atoms with Crippen LogP contribution in [-0.4, -0.2) is 52.7 Å². The van der Waals surface area contributed by atoms with Crippen LogP contribution in [0, 0.1) is 17.8 Å². The fourth-order valence-electron chi connectivity index (χ4n) is 3.81. The van der Waals surface area contributed by atoms with Crippen molar-refractivity contribution in [3.63, 3.8) is 0 Å². The average Bonchev–Trinajstić information content (AvgIpc) is 2.69. The second-order valence-corrected chi connectivity index (χ2v) is 6.80. The average molecular weight is 327 g/mol. The quantitative estimate of drug-likeness (QED) is 0.459. The maximum atomic E-state index is 12.0.